The molecule has 0 atom stereocenters. The molecule has 0 aliphatic heterocycles. The molecule has 0 saturated heterocycles. The van der Waals surface area contributed by atoms with E-state index in [4.69, 9.17) is 0 Å². The Morgan fingerprint density at radius 2 is 1.89 bits per heavy atom. The van der Waals surface area contributed by atoms with Gasteiger partial charge in [0.2, 0.25) is 0 Å². The molecule has 0 aromatic rings. The van der Waals surface area contributed by atoms with Crippen molar-refractivity contribution < 1.29 is 0 Å². The van der Waals surface area contributed by atoms with Gasteiger partial charge in [0, 0.05) is 6.42 Å². The van der Waals surface area contributed by atoms with Gasteiger partial charge >= 0.3 is 0 Å². The molecule has 0 N–H and O–H groups in total. The van der Waals surface area contributed by atoms with Crippen LogP contribution in [0.5, 0.6) is 0 Å². The normalized spacial score (nSPS) is 9.56. The summed E-state index contributed by atoms with van der Waals surface area (Å²) in [4.78, 5) is 19.3. The lowest BCUT2D eigenvalue weighted by Gasteiger charge is -1.92. The maximum Gasteiger partial charge on any atom is 0.283 e. The van der Waals surface area contributed by atoms with E-state index in [1.54, 1.807) is 0 Å². The van der Waals surface area contributed by atoms with Crippen LogP contribution in [0, 0.1) is 22.9 Å². The third kappa shape index (κ3) is 3.76. The second-order valence-electron chi connectivity index (χ2n) is 1.56. The molecule has 0 saturated carbocycles. The maximum absolute atomic E-state index is 9.64. The molecule has 50 valence electrons. The second-order valence-corrected chi connectivity index (χ2v) is 1.56. The molecule has 0 aliphatic rings. The van der Waals surface area contributed by atoms with Gasteiger partial charge in [-0.1, -0.05) is 13.3 Å². The standard InChI is InChI=1S/C5H8N2O2/c1-2-3-4-5(6-8)7-9/h1-4H2. The highest BCUT2D eigenvalue weighted by atomic mass is 16.3. The summed E-state index contributed by atoms with van der Waals surface area (Å²) in [7, 11) is 0. The first-order chi connectivity index (χ1) is 4.35. The van der Waals surface area contributed by atoms with Crippen molar-refractivity contribution in [3.63, 3.8) is 0 Å². The summed E-state index contributed by atoms with van der Waals surface area (Å²) in [5, 5.41) is 4.81. The molecule has 4 nitrogen and oxygen atoms in total. The van der Waals surface area contributed by atoms with Crippen LogP contribution in [0.3, 0.4) is 0 Å². The molecule has 2 radical (unpaired) electrons. The molecule has 0 amide bonds. The highest BCUT2D eigenvalue weighted by molar-refractivity contribution is 4.81. The Morgan fingerprint density at radius 3 is 2.22 bits per heavy atom. The molecule has 0 heterocycles. The van der Waals surface area contributed by atoms with Crippen LogP contribution in [0.25, 0.3) is 0 Å². The average molecular weight is 128 g/mol. The van der Waals surface area contributed by atoms with Gasteiger partial charge < -0.3 is 0 Å². The molecule has 0 rings (SSSR count). The van der Waals surface area contributed by atoms with E-state index in [1.165, 1.54) is 0 Å². The van der Waals surface area contributed by atoms with Crippen LogP contribution >= 0.6 is 0 Å². The van der Waals surface area contributed by atoms with E-state index in [9.17, 15) is 9.81 Å². The third-order valence-corrected chi connectivity index (χ3v) is 0.861. The SMILES string of the molecule is [CH2]CCC[C](N=O)N=O. The lowest BCUT2D eigenvalue weighted by Crippen LogP contribution is -1.85. The van der Waals surface area contributed by atoms with Crippen molar-refractivity contribution in [1.82, 2.24) is 0 Å². The number of nitrogens with zero attached hydrogens (tertiary/aromatic N) is 2. The van der Waals surface area contributed by atoms with Gasteiger partial charge in [-0.2, -0.15) is 0 Å². The summed E-state index contributed by atoms with van der Waals surface area (Å²) in [5.74, 6) is 0. The van der Waals surface area contributed by atoms with E-state index in [0.29, 0.717) is 19.3 Å². The smallest absolute Gasteiger partial charge is 0.148 e. The van der Waals surface area contributed by atoms with Crippen molar-refractivity contribution in [3.8, 4) is 0 Å². The molecule has 0 spiro atoms. The Bertz CT molecular complexity index is 87.0. The fourth-order valence-corrected chi connectivity index (χ4v) is 0.391. The number of unbranched alkanes of at least 4 members (excludes halogenated alkanes) is 1. The molecule has 0 bridgehead atoms. The highest BCUT2D eigenvalue weighted by Gasteiger charge is 2.07. The van der Waals surface area contributed by atoms with Crippen LogP contribution < -0.4 is 0 Å². The Labute approximate surface area is 53.6 Å². The molecular formula is C5H8N2O2. The Morgan fingerprint density at radius 1 is 1.33 bits per heavy atom. The first kappa shape index (κ1) is 8.20. The zero-order valence-electron chi connectivity index (χ0n) is 5.04. The van der Waals surface area contributed by atoms with Crippen LogP contribution in [0.15, 0.2) is 10.4 Å². The van der Waals surface area contributed by atoms with E-state index >= 15 is 0 Å². The minimum Gasteiger partial charge on any atom is -0.148 e. The largest absolute Gasteiger partial charge is 0.283 e. The monoisotopic (exact) mass is 128 g/mol. The van der Waals surface area contributed by atoms with Gasteiger partial charge in [0.05, 0.1) is 0 Å². The summed E-state index contributed by atoms with van der Waals surface area (Å²) in [5.41, 5.74) is 0. The number of rotatable bonds is 5. The topological polar surface area (TPSA) is 58.9 Å². The molecule has 4 heteroatoms. The van der Waals surface area contributed by atoms with Gasteiger partial charge in [-0.05, 0) is 16.8 Å². The van der Waals surface area contributed by atoms with Crippen LogP contribution in [0.1, 0.15) is 19.3 Å². The Kier molecular flexibility index (Phi) is 4.86. The quantitative estimate of drug-likeness (QED) is 0.531. The molecule has 0 aromatic carbocycles. The molecular weight excluding hydrogens is 120 g/mol. The van der Waals surface area contributed by atoms with E-state index in [0.717, 1.165) is 0 Å². The minimum absolute atomic E-state index is 0.168. The first-order valence-corrected chi connectivity index (χ1v) is 2.67. The van der Waals surface area contributed by atoms with Crippen LogP contribution in [-0.2, 0) is 0 Å². The predicted octanol–water partition coefficient (Wildman–Crippen LogP) is 2.01. The van der Waals surface area contributed by atoms with Crippen molar-refractivity contribution in [2.24, 2.45) is 10.4 Å². The van der Waals surface area contributed by atoms with Crippen LogP contribution in [0.4, 0.5) is 0 Å². The molecule has 0 aliphatic carbocycles. The van der Waals surface area contributed by atoms with Gasteiger partial charge in [0.25, 0.3) is 6.17 Å². The number of hydrogen-bond acceptors (Lipinski definition) is 4. The number of hydrogen-bond donors (Lipinski definition) is 0. The summed E-state index contributed by atoms with van der Waals surface area (Å²) in [6.45, 7) is 3.53. The van der Waals surface area contributed by atoms with Gasteiger partial charge in [-0.15, -0.1) is 9.81 Å². The second kappa shape index (κ2) is 5.34. The van der Waals surface area contributed by atoms with Gasteiger partial charge in [-0.25, -0.2) is 0 Å². The van der Waals surface area contributed by atoms with Gasteiger partial charge in [0.15, 0.2) is 0 Å². The van der Waals surface area contributed by atoms with E-state index in [1.807, 2.05) is 0 Å². The summed E-state index contributed by atoms with van der Waals surface area (Å²) < 4.78 is 0. The van der Waals surface area contributed by atoms with E-state index < -0.39 is 0 Å². The maximum atomic E-state index is 9.64. The van der Waals surface area contributed by atoms with E-state index in [2.05, 4.69) is 17.3 Å². The third-order valence-electron chi connectivity index (χ3n) is 0.861. The van der Waals surface area contributed by atoms with Crippen molar-refractivity contribution >= 4 is 0 Å². The van der Waals surface area contributed by atoms with Crippen LogP contribution in [0.2, 0.25) is 0 Å². The molecule has 0 aromatic heterocycles. The Balaban J connectivity index is 3.30. The van der Waals surface area contributed by atoms with Crippen molar-refractivity contribution in [2.45, 2.75) is 19.3 Å². The molecule has 9 heavy (non-hydrogen) atoms. The minimum atomic E-state index is -0.168. The molecule has 0 unspecified atom stereocenters. The van der Waals surface area contributed by atoms with Crippen LogP contribution in [-0.4, -0.2) is 0 Å². The zero-order chi connectivity index (χ0) is 7.11. The Hall–Kier alpha value is -0.800. The van der Waals surface area contributed by atoms with Gasteiger partial charge in [-0.3, -0.25) is 0 Å². The lowest BCUT2D eigenvalue weighted by atomic mass is 10.2. The summed E-state index contributed by atoms with van der Waals surface area (Å²) in [6.07, 6.45) is 1.55. The molecule has 0 fully saturated rings. The fourth-order valence-electron chi connectivity index (χ4n) is 0.391. The van der Waals surface area contributed by atoms with E-state index in [-0.39, 0.29) is 6.17 Å². The lowest BCUT2D eigenvalue weighted by molar-refractivity contribution is 0.724. The van der Waals surface area contributed by atoms with Crippen molar-refractivity contribution in [3.05, 3.63) is 22.9 Å². The zero-order valence-corrected chi connectivity index (χ0v) is 5.04. The van der Waals surface area contributed by atoms with Crippen molar-refractivity contribution in [2.75, 3.05) is 0 Å². The predicted molar refractivity (Wildman–Crippen MR) is 34.0 cm³/mol. The van der Waals surface area contributed by atoms with Crippen molar-refractivity contribution in [1.29, 1.82) is 0 Å². The van der Waals surface area contributed by atoms with Gasteiger partial charge in [0.1, 0.15) is 0 Å². The fraction of sp³-hybridized carbons (Fsp3) is 0.600. The first-order valence-electron chi connectivity index (χ1n) is 2.67. The average Bonchev–Trinajstić information content (AvgIpc) is 1.91. The number of nitroso groups, excluding NO2 is 2. The highest BCUT2D eigenvalue weighted by Crippen LogP contribution is 2.11. The summed E-state index contributed by atoms with van der Waals surface area (Å²) in [6, 6.07) is 0. The summed E-state index contributed by atoms with van der Waals surface area (Å²) >= 11 is 0.